The standard InChI is InChI=1S/C25H31Cl3O4S/c26-19-10-16(11-20(27)12-19)4-5-18-6-8-23(28)22(18)3-1-2-21-7-9-24(33-21)25(31)32-15-17(13-29)14-30/h7,9-12,17-18,22-23,29-30H,1-6,8,13-15H2/t18-,22+,23+/m0/s1. The summed E-state index contributed by atoms with van der Waals surface area (Å²) in [7, 11) is 0. The third-order valence-corrected chi connectivity index (χ3v) is 8.50. The predicted molar refractivity (Wildman–Crippen MR) is 136 cm³/mol. The van der Waals surface area contributed by atoms with Crippen molar-refractivity contribution >= 4 is 52.1 Å². The number of aryl methyl sites for hydroxylation is 2. The topological polar surface area (TPSA) is 66.8 Å². The van der Waals surface area contributed by atoms with Crippen molar-refractivity contribution in [3.63, 3.8) is 0 Å². The molecule has 1 aliphatic carbocycles. The van der Waals surface area contributed by atoms with E-state index in [0.717, 1.165) is 49.8 Å². The van der Waals surface area contributed by atoms with Gasteiger partial charge in [0, 0.05) is 26.2 Å². The number of carbonyl (C=O) groups excluding carboxylic acids is 1. The van der Waals surface area contributed by atoms with Gasteiger partial charge in [-0.05, 0) is 92.7 Å². The largest absolute Gasteiger partial charge is 0.461 e. The number of hydrogen-bond donors (Lipinski definition) is 2. The van der Waals surface area contributed by atoms with Crippen molar-refractivity contribution in [2.45, 2.75) is 50.3 Å². The summed E-state index contributed by atoms with van der Waals surface area (Å²) in [6, 6.07) is 9.50. The van der Waals surface area contributed by atoms with Crippen molar-refractivity contribution in [1.82, 2.24) is 0 Å². The summed E-state index contributed by atoms with van der Waals surface area (Å²) >= 11 is 20.4. The molecule has 4 nitrogen and oxygen atoms in total. The molecule has 1 aromatic carbocycles. The summed E-state index contributed by atoms with van der Waals surface area (Å²) in [5.41, 5.74) is 1.17. The first-order valence-corrected chi connectivity index (χ1v) is 13.5. The molecular weight excluding hydrogens is 503 g/mol. The molecule has 1 aliphatic rings. The Morgan fingerprint density at radius 1 is 1.06 bits per heavy atom. The van der Waals surface area contributed by atoms with Crippen LogP contribution in [0.2, 0.25) is 10.0 Å². The number of ether oxygens (including phenoxy) is 1. The van der Waals surface area contributed by atoms with Crippen LogP contribution in [0.15, 0.2) is 30.3 Å². The van der Waals surface area contributed by atoms with Crippen LogP contribution in [0, 0.1) is 17.8 Å². The molecule has 0 amide bonds. The molecule has 33 heavy (non-hydrogen) atoms. The number of hydrogen-bond acceptors (Lipinski definition) is 5. The van der Waals surface area contributed by atoms with Gasteiger partial charge in [0.05, 0.1) is 19.8 Å². The van der Waals surface area contributed by atoms with Crippen LogP contribution in [0.25, 0.3) is 0 Å². The van der Waals surface area contributed by atoms with Gasteiger partial charge in [-0.3, -0.25) is 0 Å². The van der Waals surface area contributed by atoms with Crippen molar-refractivity contribution < 1.29 is 19.7 Å². The van der Waals surface area contributed by atoms with E-state index in [2.05, 4.69) is 0 Å². The maximum atomic E-state index is 12.2. The molecule has 8 heteroatoms. The molecule has 1 aromatic heterocycles. The van der Waals surface area contributed by atoms with E-state index in [0.29, 0.717) is 26.8 Å². The van der Waals surface area contributed by atoms with Gasteiger partial charge >= 0.3 is 5.97 Å². The fraction of sp³-hybridized carbons (Fsp3) is 0.560. The highest BCUT2D eigenvalue weighted by atomic mass is 35.5. The zero-order chi connectivity index (χ0) is 23.8. The summed E-state index contributed by atoms with van der Waals surface area (Å²) < 4.78 is 5.19. The summed E-state index contributed by atoms with van der Waals surface area (Å²) in [6.07, 6.45) is 7.26. The molecule has 1 heterocycles. The third-order valence-electron chi connectivity index (χ3n) is 6.40. The molecule has 2 N–H and O–H groups in total. The first-order chi connectivity index (χ1) is 15.9. The lowest BCUT2D eigenvalue weighted by Crippen LogP contribution is -2.20. The minimum absolute atomic E-state index is 0.0145. The number of benzene rings is 1. The zero-order valence-corrected chi connectivity index (χ0v) is 21.6. The number of thiophene rings is 1. The molecule has 0 spiro atoms. The van der Waals surface area contributed by atoms with Gasteiger partial charge in [-0.2, -0.15) is 0 Å². The summed E-state index contributed by atoms with van der Waals surface area (Å²) in [5, 5.41) is 19.7. The van der Waals surface area contributed by atoms with Crippen molar-refractivity contribution in [2.24, 2.45) is 17.8 Å². The molecule has 0 saturated heterocycles. The molecule has 0 unspecified atom stereocenters. The van der Waals surface area contributed by atoms with Crippen molar-refractivity contribution in [1.29, 1.82) is 0 Å². The SMILES string of the molecule is O=C(OCC(CO)CO)c1ccc(CCC[C@@H]2[C@@H](CCc3cc(Cl)cc(Cl)c3)CC[C@H]2Cl)s1. The highest BCUT2D eigenvalue weighted by Crippen LogP contribution is 2.41. The van der Waals surface area contributed by atoms with E-state index in [9.17, 15) is 4.79 Å². The smallest absolute Gasteiger partial charge is 0.348 e. The Morgan fingerprint density at radius 3 is 2.48 bits per heavy atom. The second-order valence-electron chi connectivity index (χ2n) is 8.82. The maximum absolute atomic E-state index is 12.2. The number of aliphatic hydroxyl groups excluding tert-OH is 2. The lowest BCUT2D eigenvalue weighted by Gasteiger charge is -2.22. The fourth-order valence-corrected chi connectivity index (χ4v) is 6.51. The number of halogens is 3. The number of aliphatic hydroxyl groups is 2. The molecule has 1 fully saturated rings. The lowest BCUT2D eigenvalue weighted by atomic mass is 9.86. The average molecular weight is 534 g/mol. The second kappa shape index (κ2) is 13.3. The first kappa shape index (κ1) is 26.8. The predicted octanol–water partition coefficient (Wildman–Crippen LogP) is 6.40. The number of carbonyl (C=O) groups is 1. The van der Waals surface area contributed by atoms with Crippen LogP contribution in [0.4, 0.5) is 0 Å². The Labute approximate surface area is 214 Å². The highest BCUT2D eigenvalue weighted by molar-refractivity contribution is 7.13. The van der Waals surface area contributed by atoms with Crippen molar-refractivity contribution in [3.05, 3.63) is 55.7 Å². The van der Waals surface area contributed by atoms with Crippen LogP contribution in [-0.2, 0) is 17.6 Å². The van der Waals surface area contributed by atoms with Crippen LogP contribution in [-0.4, -0.2) is 41.4 Å². The molecule has 1 saturated carbocycles. The molecule has 0 bridgehead atoms. The Morgan fingerprint density at radius 2 is 1.79 bits per heavy atom. The van der Waals surface area contributed by atoms with E-state index in [-0.39, 0.29) is 25.2 Å². The van der Waals surface area contributed by atoms with E-state index < -0.39 is 11.9 Å². The van der Waals surface area contributed by atoms with Gasteiger partial charge in [0.2, 0.25) is 0 Å². The summed E-state index contributed by atoms with van der Waals surface area (Å²) in [6.45, 7) is -0.410. The van der Waals surface area contributed by atoms with E-state index in [4.69, 9.17) is 49.8 Å². The molecule has 0 radical (unpaired) electrons. The van der Waals surface area contributed by atoms with E-state index in [1.807, 2.05) is 18.2 Å². The van der Waals surface area contributed by atoms with Crippen molar-refractivity contribution in [2.75, 3.05) is 19.8 Å². The fourth-order valence-electron chi connectivity index (χ4n) is 4.54. The molecule has 0 aliphatic heterocycles. The van der Waals surface area contributed by atoms with Crippen LogP contribution in [0.1, 0.15) is 52.2 Å². The van der Waals surface area contributed by atoms with Gasteiger partial charge in [0.15, 0.2) is 0 Å². The molecule has 3 rings (SSSR count). The zero-order valence-electron chi connectivity index (χ0n) is 18.5. The highest BCUT2D eigenvalue weighted by Gasteiger charge is 2.34. The Balaban J connectivity index is 1.45. The van der Waals surface area contributed by atoms with Crippen LogP contribution in [0.5, 0.6) is 0 Å². The number of rotatable bonds is 12. The van der Waals surface area contributed by atoms with Gasteiger partial charge in [-0.15, -0.1) is 22.9 Å². The van der Waals surface area contributed by atoms with Gasteiger partial charge in [-0.1, -0.05) is 23.2 Å². The van der Waals surface area contributed by atoms with Crippen LogP contribution >= 0.6 is 46.1 Å². The van der Waals surface area contributed by atoms with E-state index in [1.54, 1.807) is 12.1 Å². The Bertz CT molecular complexity index is 879. The molecular formula is C25H31Cl3O4S. The first-order valence-electron chi connectivity index (χ1n) is 11.5. The Hall–Kier alpha value is -0.820. The second-order valence-corrected chi connectivity index (χ2v) is 11.4. The maximum Gasteiger partial charge on any atom is 0.348 e. The molecule has 2 aromatic rings. The number of alkyl halides is 1. The Kier molecular flexibility index (Phi) is 10.8. The van der Waals surface area contributed by atoms with Crippen LogP contribution in [0.3, 0.4) is 0 Å². The number of esters is 1. The quantitative estimate of drug-likeness (QED) is 0.245. The molecule has 3 atom stereocenters. The summed E-state index contributed by atoms with van der Waals surface area (Å²) in [4.78, 5) is 13.9. The van der Waals surface area contributed by atoms with Gasteiger partial charge in [0.25, 0.3) is 0 Å². The van der Waals surface area contributed by atoms with Crippen molar-refractivity contribution in [3.8, 4) is 0 Å². The monoisotopic (exact) mass is 532 g/mol. The third kappa shape index (κ3) is 8.12. The van der Waals surface area contributed by atoms with Gasteiger partial charge in [0.1, 0.15) is 4.88 Å². The van der Waals surface area contributed by atoms with Gasteiger partial charge in [-0.25, -0.2) is 4.79 Å². The average Bonchev–Trinajstić information content (AvgIpc) is 3.39. The van der Waals surface area contributed by atoms with E-state index in [1.165, 1.54) is 16.9 Å². The molecule has 182 valence electrons. The summed E-state index contributed by atoms with van der Waals surface area (Å²) in [5.74, 6) is 0.257. The minimum atomic E-state index is -0.438. The van der Waals surface area contributed by atoms with E-state index >= 15 is 0 Å². The van der Waals surface area contributed by atoms with Crippen LogP contribution < -0.4 is 0 Å². The van der Waals surface area contributed by atoms with Gasteiger partial charge < -0.3 is 14.9 Å². The minimum Gasteiger partial charge on any atom is -0.461 e. The lowest BCUT2D eigenvalue weighted by molar-refractivity contribution is 0.0309. The normalized spacial score (nSPS) is 20.5.